The molecule has 21 heavy (non-hydrogen) atoms. The minimum atomic E-state index is -0.286. The second-order valence-corrected chi connectivity index (χ2v) is 5.25. The smallest absolute Gasteiger partial charge is 0.232 e. The third-order valence-corrected chi connectivity index (χ3v) is 3.64. The van der Waals surface area contributed by atoms with Gasteiger partial charge in [0.25, 0.3) is 0 Å². The maximum absolute atomic E-state index is 9.70. The Morgan fingerprint density at radius 1 is 1.24 bits per heavy atom. The fourth-order valence-corrected chi connectivity index (χ4v) is 2.38. The number of nitrogens with zero attached hydrogens (tertiary/aromatic N) is 5. The van der Waals surface area contributed by atoms with Crippen molar-refractivity contribution in [3.63, 3.8) is 0 Å². The fraction of sp³-hybridized carbons (Fsp3) is 0.786. The van der Waals surface area contributed by atoms with Gasteiger partial charge in [0.15, 0.2) is 0 Å². The van der Waals surface area contributed by atoms with E-state index in [-0.39, 0.29) is 6.10 Å². The Kier molecular flexibility index (Phi) is 5.55. The van der Waals surface area contributed by atoms with Crippen LogP contribution >= 0.6 is 0 Å². The quantitative estimate of drug-likeness (QED) is 0.780. The first-order valence-electron chi connectivity index (χ1n) is 7.85. The topological polar surface area (TPSA) is 77.4 Å². The first kappa shape index (κ1) is 15.8. The minimum Gasteiger partial charge on any atom is -0.391 e. The lowest BCUT2D eigenvalue weighted by Crippen LogP contribution is -2.28. The lowest BCUT2D eigenvalue weighted by atomic mass is 10.3. The van der Waals surface area contributed by atoms with Crippen molar-refractivity contribution >= 4 is 17.8 Å². The number of aliphatic hydroxyl groups is 1. The molecule has 0 saturated carbocycles. The SMILES string of the molecule is CCCNc1nc(N(CC)CC)nc(N2CCC(O)C2)n1. The molecule has 1 aliphatic heterocycles. The molecule has 1 saturated heterocycles. The van der Waals surface area contributed by atoms with Crippen molar-refractivity contribution in [1.29, 1.82) is 0 Å². The van der Waals surface area contributed by atoms with Crippen LogP contribution in [0.2, 0.25) is 0 Å². The van der Waals surface area contributed by atoms with Crippen molar-refractivity contribution in [3.8, 4) is 0 Å². The predicted molar refractivity (Wildman–Crippen MR) is 85.0 cm³/mol. The zero-order valence-corrected chi connectivity index (χ0v) is 13.2. The molecule has 0 amide bonds. The predicted octanol–water partition coefficient (Wildman–Crippen LogP) is 1.11. The van der Waals surface area contributed by atoms with E-state index in [0.29, 0.717) is 24.4 Å². The first-order chi connectivity index (χ1) is 10.2. The van der Waals surface area contributed by atoms with Crippen LogP contribution in [0, 0.1) is 0 Å². The highest BCUT2D eigenvalue weighted by atomic mass is 16.3. The van der Waals surface area contributed by atoms with E-state index in [1.54, 1.807) is 0 Å². The average Bonchev–Trinajstić information content (AvgIpc) is 2.93. The second kappa shape index (κ2) is 7.40. The van der Waals surface area contributed by atoms with E-state index >= 15 is 0 Å². The van der Waals surface area contributed by atoms with E-state index < -0.39 is 0 Å². The Morgan fingerprint density at radius 3 is 2.57 bits per heavy atom. The van der Waals surface area contributed by atoms with Crippen LogP contribution in [0.5, 0.6) is 0 Å². The van der Waals surface area contributed by atoms with Gasteiger partial charge in [-0.3, -0.25) is 0 Å². The highest BCUT2D eigenvalue weighted by molar-refractivity contribution is 5.45. The zero-order valence-electron chi connectivity index (χ0n) is 13.2. The van der Waals surface area contributed by atoms with Gasteiger partial charge in [0, 0.05) is 32.7 Å². The van der Waals surface area contributed by atoms with Crippen LogP contribution < -0.4 is 15.1 Å². The van der Waals surface area contributed by atoms with Crippen LogP contribution in [0.4, 0.5) is 17.8 Å². The lowest BCUT2D eigenvalue weighted by molar-refractivity contribution is 0.198. The molecule has 2 rings (SSSR count). The van der Waals surface area contributed by atoms with E-state index in [9.17, 15) is 5.11 Å². The molecule has 7 nitrogen and oxygen atoms in total. The molecule has 1 fully saturated rings. The normalized spacial score (nSPS) is 18.1. The molecule has 0 aromatic carbocycles. The Labute approximate surface area is 126 Å². The van der Waals surface area contributed by atoms with Crippen LogP contribution in [0.1, 0.15) is 33.6 Å². The first-order valence-corrected chi connectivity index (χ1v) is 7.85. The molecule has 0 aliphatic carbocycles. The summed E-state index contributed by atoms with van der Waals surface area (Å²) in [5.41, 5.74) is 0. The van der Waals surface area contributed by atoms with Gasteiger partial charge >= 0.3 is 0 Å². The van der Waals surface area contributed by atoms with Crippen LogP contribution in [0.15, 0.2) is 0 Å². The molecule has 1 aromatic heterocycles. The van der Waals surface area contributed by atoms with Gasteiger partial charge in [-0.2, -0.15) is 15.0 Å². The van der Waals surface area contributed by atoms with Crippen molar-refractivity contribution in [3.05, 3.63) is 0 Å². The number of nitrogens with one attached hydrogen (secondary N) is 1. The maximum Gasteiger partial charge on any atom is 0.232 e. The molecule has 118 valence electrons. The molecule has 0 radical (unpaired) electrons. The third-order valence-electron chi connectivity index (χ3n) is 3.64. The van der Waals surface area contributed by atoms with Crippen molar-refractivity contribution in [2.75, 3.05) is 47.8 Å². The summed E-state index contributed by atoms with van der Waals surface area (Å²) in [4.78, 5) is 17.7. The molecule has 2 N–H and O–H groups in total. The van der Waals surface area contributed by atoms with Crippen molar-refractivity contribution in [2.45, 2.75) is 39.7 Å². The number of hydrogen-bond acceptors (Lipinski definition) is 7. The largest absolute Gasteiger partial charge is 0.391 e. The summed E-state index contributed by atoms with van der Waals surface area (Å²) in [7, 11) is 0. The number of rotatable bonds is 7. The highest BCUT2D eigenvalue weighted by Gasteiger charge is 2.24. The van der Waals surface area contributed by atoms with E-state index in [1.165, 1.54) is 0 Å². The number of aliphatic hydroxyl groups excluding tert-OH is 1. The molecular formula is C14H26N6O. The van der Waals surface area contributed by atoms with E-state index in [4.69, 9.17) is 0 Å². The van der Waals surface area contributed by atoms with Gasteiger partial charge < -0.3 is 20.2 Å². The molecule has 0 spiro atoms. The average molecular weight is 294 g/mol. The van der Waals surface area contributed by atoms with Gasteiger partial charge in [-0.15, -0.1) is 0 Å². The van der Waals surface area contributed by atoms with Crippen molar-refractivity contribution in [2.24, 2.45) is 0 Å². The summed E-state index contributed by atoms with van der Waals surface area (Å²) in [5, 5.41) is 12.9. The summed E-state index contributed by atoms with van der Waals surface area (Å²) in [6, 6.07) is 0. The molecule has 1 atom stereocenters. The van der Waals surface area contributed by atoms with Crippen molar-refractivity contribution < 1.29 is 5.11 Å². The van der Waals surface area contributed by atoms with Gasteiger partial charge in [-0.05, 0) is 26.7 Å². The summed E-state index contributed by atoms with van der Waals surface area (Å²) >= 11 is 0. The number of β-amino-alcohol motifs (C(OH)–C–C–N with tert-alkyl or cyclic N) is 1. The molecule has 1 aromatic rings. The Bertz CT molecular complexity index is 451. The zero-order chi connectivity index (χ0) is 15.2. The van der Waals surface area contributed by atoms with E-state index in [0.717, 1.165) is 39.0 Å². The Hall–Kier alpha value is -1.63. The monoisotopic (exact) mass is 294 g/mol. The third kappa shape index (κ3) is 3.93. The minimum absolute atomic E-state index is 0.286. The Morgan fingerprint density at radius 2 is 2.00 bits per heavy atom. The van der Waals surface area contributed by atoms with E-state index in [2.05, 4.69) is 45.9 Å². The van der Waals surface area contributed by atoms with Crippen LogP contribution in [0.25, 0.3) is 0 Å². The summed E-state index contributed by atoms with van der Waals surface area (Å²) in [5.74, 6) is 1.97. The molecule has 2 heterocycles. The summed E-state index contributed by atoms with van der Waals surface area (Å²) in [6.45, 7) is 10.2. The van der Waals surface area contributed by atoms with Gasteiger partial charge in [-0.1, -0.05) is 6.92 Å². The standard InChI is InChI=1S/C14H26N6O/c1-4-8-15-12-16-13(19(5-2)6-3)18-14(17-12)20-9-7-11(21)10-20/h11,21H,4-10H2,1-3H3,(H,15,16,17,18). The summed E-state index contributed by atoms with van der Waals surface area (Å²) < 4.78 is 0. The Balaban J connectivity index is 2.27. The second-order valence-electron chi connectivity index (χ2n) is 5.25. The van der Waals surface area contributed by atoms with Gasteiger partial charge in [0.1, 0.15) is 0 Å². The van der Waals surface area contributed by atoms with Gasteiger partial charge in [0.2, 0.25) is 17.8 Å². The van der Waals surface area contributed by atoms with Crippen LogP contribution in [-0.4, -0.2) is 58.9 Å². The number of aromatic nitrogens is 3. The van der Waals surface area contributed by atoms with Crippen LogP contribution in [-0.2, 0) is 0 Å². The molecule has 1 unspecified atom stereocenters. The van der Waals surface area contributed by atoms with Gasteiger partial charge in [0.05, 0.1) is 6.10 Å². The number of hydrogen-bond donors (Lipinski definition) is 2. The van der Waals surface area contributed by atoms with E-state index in [1.807, 2.05) is 4.90 Å². The highest BCUT2D eigenvalue weighted by Crippen LogP contribution is 2.20. The molecular weight excluding hydrogens is 268 g/mol. The molecule has 7 heteroatoms. The summed E-state index contributed by atoms with van der Waals surface area (Å²) in [6.07, 6.45) is 1.50. The number of anilines is 3. The van der Waals surface area contributed by atoms with Crippen molar-refractivity contribution in [1.82, 2.24) is 15.0 Å². The lowest BCUT2D eigenvalue weighted by Gasteiger charge is -2.22. The molecule has 1 aliphatic rings. The molecule has 0 bridgehead atoms. The maximum atomic E-state index is 9.70. The van der Waals surface area contributed by atoms with Crippen LogP contribution in [0.3, 0.4) is 0 Å². The van der Waals surface area contributed by atoms with Gasteiger partial charge in [-0.25, -0.2) is 0 Å². The fourth-order valence-electron chi connectivity index (χ4n) is 2.38.